The van der Waals surface area contributed by atoms with Gasteiger partial charge in [0.2, 0.25) is 10.0 Å². The van der Waals surface area contributed by atoms with E-state index < -0.39 is 10.0 Å². The molecule has 1 N–H and O–H groups in total. The van der Waals surface area contributed by atoms with Crippen LogP contribution in [0, 0.1) is 0 Å². The molecule has 0 aromatic heterocycles. The van der Waals surface area contributed by atoms with E-state index in [1.807, 2.05) is 12.1 Å². The molecule has 4 nitrogen and oxygen atoms in total. The third-order valence-electron chi connectivity index (χ3n) is 4.22. The molecule has 6 heteroatoms. The molecule has 0 spiro atoms. The van der Waals surface area contributed by atoms with Crippen LogP contribution in [0.2, 0.25) is 5.02 Å². The molecule has 1 aromatic rings. The van der Waals surface area contributed by atoms with Gasteiger partial charge in [0, 0.05) is 30.2 Å². The van der Waals surface area contributed by atoms with E-state index in [-0.39, 0.29) is 6.04 Å². The highest BCUT2D eigenvalue weighted by molar-refractivity contribution is 7.88. The minimum Gasteiger partial charge on any atom is -0.295 e. The zero-order valence-electron chi connectivity index (χ0n) is 11.5. The van der Waals surface area contributed by atoms with Crippen molar-refractivity contribution in [1.29, 1.82) is 0 Å². The molecule has 1 fully saturated rings. The molecular formula is C14H19ClN2O2S. The summed E-state index contributed by atoms with van der Waals surface area (Å²) in [6, 6.07) is 6.52. The number of nitrogens with zero attached hydrogens (tertiary/aromatic N) is 1. The second-order valence-corrected chi connectivity index (χ2v) is 7.92. The lowest BCUT2D eigenvalue weighted by Crippen LogP contribution is -2.36. The van der Waals surface area contributed by atoms with Crippen LogP contribution in [0.1, 0.15) is 30.0 Å². The Labute approximate surface area is 125 Å². The summed E-state index contributed by atoms with van der Waals surface area (Å²) in [4.78, 5) is 2.38. The molecule has 20 heavy (non-hydrogen) atoms. The fraction of sp³-hybridized carbons (Fsp3) is 0.571. The standard InChI is InChI=1S/C14H19ClN2O2S/c1-20(18,19)16-10-7-8-17(9-10)14-6-5-11-12(14)3-2-4-13(11)15/h2-4,10,14,16H,5-9H2,1H3. The summed E-state index contributed by atoms with van der Waals surface area (Å²) in [5.74, 6) is 0. The van der Waals surface area contributed by atoms with Crippen LogP contribution >= 0.6 is 11.6 Å². The van der Waals surface area contributed by atoms with Gasteiger partial charge in [-0.2, -0.15) is 0 Å². The number of likely N-dealkylation sites (tertiary alicyclic amines) is 1. The quantitative estimate of drug-likeness (QED) is 0.927. The molecule has 2 aliphatic rings. The maximum Gasteiger partial charge on any atom is 0.208 e. The van der Waals surface area contributed by atoms with Gasteiger partial charge >= 0.3 is 0 Å². The summed E-state index contributed by atoms with van der Waals surface area (Å²) in [6.45, 7) is 1.72. The summed E-state index contributed by atoms with van der Waals surface area (Å²) in [5, 5.41) is 0.856. The molecule has 1 aliphatic carbocycles. The second kappa shape index (κ2) is 5.30. The Kier molecular flexibility index (Phi) is 3.79. The topological polar surface area (TPSA) is 49.4 Å². The normalized spacial score (nSPS) is 26.9. The van der Waals surface area contributed by atoms with E-state index in [1.54, 1.807) is 0 Å². The SMILES string of the molecule is CS(=O)(=O)NC1CCN(C2CCc3c(Cl)cccc32)C1. The van der Waals surface area contributed by atoms with Crippen LogP contribution in [0.5, 0.6) is 0 Å². The number of rotatable bonds is 3. The average Bonchev–Trinajstić information content (AvgIpc) is 2.93. The van der Waals surface area contributed by atoms with Gasteiger partial charge in [-0.15, -0.1) is 0 Å². The van der Waals surface area contributed by atoms with Gasteiger partial charge < -0.3 is 0 Å². The van der Waals surface area contributed by atoms with Crippen LogP contribution in [0.25, 0.3) is 0 Å². The van der Waals surface area contributed by atoms with Gasteiger partial charge in [0.15, 0.2) is 0 Å². The van der Waals surface area contributed by atoms with E-state index in [0.29, 0.717) is 6.04 Å². The minimum absolute atomic E-state index is 0.0354. The molecule has 0 radical (unpaired) electrons. The van der Waals surface area contributed by atoms with Crippen molar-refractivity contribution in [2.75, 3.05) is 19.3 Å². The van der Waals surface area contributed by atoms with Crippen molar-refractivity contribution in [3.63, 3.8) is 0 Å². The highest BCUT2D eigenvalue weighted by atomic mass is 35.5. The predicted octanol–water partition coefficient (Wildman–Crippen LogP) is 1.95. The van der Waals surface area contributed by atoms with Gasteiger partial charge in [-0.3, -0.25) is 4.90 Å². The first-order valence-corrected chi connectivity index (χ1v) is 9.19. The number of sulfonamides is 1. The Hall–Kier alpha value is -0.620. The molecule has 2 unspecified atom stereocenters. The highest BCUT2D eigenvalue weighted by Gasteiger charge is 2.34. The third-order valence-corrected chi connectivity index (χ3v) is 5.34. The first-order valence-electron chi connectivity index (χ1n) is 6.93. The van der Waals surface area contributed by atoms with Crippen molar-refractivity contribution in [1.82, 2.24) is 9.62 Å². The van der Waals surface area contributed by atoms with Crippen LogP contribution in [0.15, 0.2) is 18.2 Å². The van der Waals surface area contributed by atoms with E-state index in [4.69, 9.17) is 11.6 Å². The van der Waals surface area contributed by atoms with E-state index in [1.165, 1.54) is 17.4 Å². The lowest BCUT2D eigenvalue weighted by Gasteiger charge is -2.25. The van der Waals surface area contributed by atoms with E-state index in [0.717, 1.165) is 37.4 Å². The summed E-state index contributed by atoms with van der Waals surface area (Å²) >= 11 is 6.25. The molecular weight excluding hydrogens is 296 g/mol. The summed E-state index contributed by atoms with van der Waals surface area (Å²) in [7, 11) is -3.12. The molecule has 1 saturated heterocycles. The maximum atomic E-state index is 11.3. The summed E-state index contributed by atoms with van der Waals surface area (Å²) in [6.07, 6.45) is 4.19. The van der Waals surface area contributed by atoms with Gasteiger partial charge in [0.1, 0.15) is 0 Å². The van der Waals surface area contributed by atoms with Crippen molar-refractivity contribution in [2.45, 2.75) is 31.3 Å². The lowest BCUT2D eigenvalue weighted by molar-refractivity contribution is 0.241. The molecule has 0 amide bonds. The number of halogens is 1. The van der Waals surface area contributed by atoms with Gasteiger partial charge in [-0.25, -0.2) is 13.1 Å². The monoisotopic (exact) mass is 314 g/mol. The number of hydrogen-bond donors (Lipinski definition) is 1. The second-order valence-electron chi connectivity index (χ2n) is 5.73. The molecule has 1 heterocycles. The number of hydrogen-bond acceptors (Lipinski definition) is 3. The average molecular weight is 315 g/mol. The molecule has 110 valence electrons. The largest absolute Gasteiger partial charge is 0.295 e. The molecule has 1 aliphatic heterocycles. The van der Waals surface area contributed by atoms with Crippen molar-refractivity contribution in [3.8, 4) is 0 Å². The van der Waals surface area contributed by atoms with Crippen LogP contribution < -0.4 is 4.72 Å². The summed E-state index contributed by atoms with van der Waals surface area (Å²) in [5.41, 5.74) is 2.58. The van der Waals surface area contributed by atoms with Crippen molar-refractivity contribution < 1.29 is 8.42 Å². The fourth-order valence-corrected chi connectivity index (χ4v) is 4.51. The van der Waals surface area contributed by atoms with Gasteiger partial charge in [-0.05, 0) is 36.5 Å². The number of benzene rings is 1. The molecule has 1 aromatic carbocycles. The van der Waals surface area contributed by atoms with Crippen LogP contribution in [0.4, 0.5) is 0 Å². The van der Waals surface area contributed by atoms with Crippen molar-refractivity contribution >= 4 is 21.6 Å². The van der Waals surface area contributed by atoms with Crippen LogP contribution in [-0.4, -0.2) is 38.7 Å². The van der Waals surface area contributed by atoms with Crippen molar-refractivity contribution in [2.24, 2.45) is 0 Å². The zero-order valence-corrected chi connectivity index (χ0v) is 13.0. The first-order chi connectivity index (χ1) is 9.44. The molecule has 0 bridgehead atoms. The molecule has 2 atom stereocenters. The Bertz CT molecular complexity index is 618. The fourth-order valence-electron chi connectivity index (χ4n) is 3.44. The molecule has 3 rings (SSSR count). The van der Waals surface area contributed by atoms with E-state index in [9.17, 15) is 8.42 Å². The minimum atomic E-state index is -3.12. The van der Waals surface area contributed by atoms with Crippen LogP contribution in [0.3, 0.4) is 0 Å². The van der Waals surface area contributed by atoms with Crippen molar-refractivity contribution in [3.05, 3.63) is 34.3 Å². The van der Waals surface area contributed by atoms with Crippen LogP contribution in [-0.2, 0) is 16.4 Å². The Morgan fingerprint density at radius 3 is 2.90 bits per heavy atom. The number of fused-ring (bicyclic) bond motifs is 1. The Morgan fingerprint density at radius 2 is 2.15 bits per heavy atom. The highest BCUT2D eigenvalue weighted by Crippen LogP contribution is 2.40. The maximum absolute atomic E-state index is 11.3. The molecule has 0 saturated carbocycles. The van der Waals surface area contributed by atoms with E-state index >= 15 is 0 Å². The number of nitrogens with one attached hydrogen (secondary N) is 1. The first kappa shape index (κ1) is 14.3. The lowest BCUT2D eigenvalue weighted by atomic mass is 10.1. The third kappa shape index (κ3) is 2.86. The Balaban J connectivity index is 1.73. The smallest absolute Gasteiger partial charge is 0.208 e. The van der Waals surface area contributed by atoms with Gasteiger partial charge in [0.25, 0.3) is 0 Å². The van der Waals surface area contributed by atoms with Gasteiger partial charge in [-0.1, -0.05) is 23.7 Å². The zero-order chi connectivity index (χ0) is 14.3. The summed E-state index contributed by atoms with van der Waals surface area (Å²) < 4.78 is 25.3. The van der Waals surface area contributed by atoms with E-state index in [2.05, 4.69) is 15.7 Å². The predicted molar refractivity (Wildman–Crippen MR) is 80.5 cm³/mol. The van der Waals surface area contributed by atoms with Gasteiger partial charge in [0.05, 0.1) is 6.26 Å². The Morgan fingerprint density at radius 1 is 1.35 bits per heavy atom.